The van der Waals surface area contributed by atoms with E-state index in [1.54, 1.807) is 26.0 Å². The highest BCUT2D eigenvalue weighted by Gasteiger charge is 2.36. The molecule has 1 aliphatic rings. The first-order valence-electron chi connectivity index (χ1n) is 8.08. The van der Waals surface area contributed by atoms with Crippen molar-refractivity contribution >= 4 is 23.5 Å². The number of rotatable bonds is 4. The molecule has 136 valence electrons. The fourth-order valence-corrected chi connectivity index (χ4v) is 3.38. The Morgan fingerprint density at radius 2 is 2.04 bits per heavy atom. The van der Waals surface area contributed by atoms with Crippen molar-refractivity contribution in [3.05, 3.63) is 57.0 Å². The number of allylic oxidation sites excluding steroid dienone is 1. The molecular weight excluding hydrogens is 354 g/mol. The van der Waals surface area contributed by atoms with Crippen LogP contribution in [0.15, 0.2) is 45.5 Å². The van der Waals surface area contributed by atoms with Crippen LogP contribution in [-0.4, -0.2) is 33.9 Å². The number of nitrogens with zero attached hydrogens (tertiary/aromatic N) is 1. The van der Waals surface area contributed by atoms with Crippen molar-refractivity contribution in [2.75, 3.05) is 18.2 Å². The second kappa shape index (κ2) is 7.25. The average molecular weight is 373 g/mol. The summed E-state index contributed by atoms with van der Waals surface area (Å²) in [5, 5.41) is 13.1. The highest BCUT2D eigenvalue weighted by Crippen LogP contribution is 2.40. The van der Waals surface area contributed by atoms with Gasteiger partial charge in [-0.2, -0.15) is 0 Å². The van der Waals surface area contributed by atoms with Gasteiger partial charge in [0.1, 0.15) is 11.6 Å². The molecule has 1 atom stereocenters. The van der Waals surface area contributed by atoms with Crippen molar-refractivity contribution in [3.8, 4) is 5.75 Å². The molecule has 0 amide bonds. The third-order valence-electron chi connectivity index (χ3n) is 4.14. The van der Waals surface area contributed by atoms with E-state index in [1.165, 1.54) is 23.9 Å². The van der Waals surface area contributed by atoms with Crippen LogP contribution in [0.2, 0.25) is 0 Å². The van der Waals surface area contributed by atoms with E-state index < -0.39 is 11.9 Å². The minimum absolute atomic E-state index is 0.103. The topological polar surface area (TPSA) is 104 Å². The highest BCUT2D eigenvalue weighted by molar-refractivity contribution is 7.98. The molecule has 8 heteroatoms. The van der Waals surface area contributed by atoms with Crippen molar-refractivity contribution in [1.29, 1.82) is 0 Å². The van der Waals surface area contributed by atoms with Crippen LogP contribution in [0.3, 0.4) is 0 Å². The van der Waals surface area contributed by atoms with E-state index in [4.69, 9.17) is 4.74 Å². The third-order valence-corrected chi connectivity index (χ3v) is 4.72. The molecule has 0 fully saturated rings. The molecule has 3 rings (SSSR count). The number of hydrogen-bond donors (Lipinski definition) is 3. The molecule has 1 aromatic heterocycles. The van der Waals surface area contributed by atoms with Crippen molar-refractivity contribution in [3.63, 3.8) is 0 Å². The number of hydrogen-bond acceptors (Lipinski definition) is 7. The van der Waals surface area contributed by atoms with E-state index in [-0.39, 0.29) is 17.9 Å². The summed E-state index contributed by atoms with van der Waals surface area (Å²) in [5.41, 5.74) is 1.66. The van der Waals surface area contributed by atoms with Crippen molar-refractivity contribution in [2.24, 2.45) is 0 Å². The maximum atomic E-state index is 12.8. The Hall–Kier alpha value is -2.74. The lowest BCUT2D eigenvalue weighted by Gasteiger charge is -2.28. The Kier molecular flexibility index (Phi) is 5.03. The lowest BCUT2D eigenvalue weighted by atomic mass is 9.82. The van der Waals surface area contributed by atoms with Crippen LogP contribution in [0.1, 0.15) is 30.9 Å². The van der Waals surface area contributed by atoms with E-state index >= 15 is 0 Å². The normalized spacial score (nSPS) is 16.0. The van der Waals surface area contributed by atoms with Crippen LogP contribution in [0.5, 0.6) is 5.75 Å². The van der Waals surface area contributed by atoms with E-state index in [1.807, 2.05) is 6.26 Å². The van der Waals surface area contributed by atoms with E-state index in [0.29, 0.717) is 33.4 Å². The van der Waals surface area contributed by atoms with Gasteiger partial charge < -0.3 is 20.1 Å². The predicted molar refractivity (Wildman–Crippen MR) is 99.5 cm³/mol. The number of carbonyl (C=O) groups is 1. The number of fused-ring (bicyclic) bond motifs is 1. The predicted octanol–water partition coefficient (Wildman–Crippen LogP) is 2.59. The first-order chi connectivity index (χ1) is 12.5. The van der Waals surface area contributed by atoms with Crippen LogP contribution >= 0.6 is 11.8 Å². The summed E-state index contributed by atoms with van der Waals surface area (Å²) in [6, 6.07) is 6.41. The van der Waals surface area contributed by atoms with Crippen molar-refractivity contribution in [1.82, 2.24) is 9.97 Å². The Bertz CT molecular complexity index is 934. The van der Waals surface area contributed by atoms with Gasteiger partial charge >= 0.3 is 5.97 Å². The van der Waals surface area contributed by atoms with Crippen molar-refractivity contribution in [2.45, 2.75) is 24.9 Å². The monoisotopic (exact) mass is 373 g/mol. The minimum Gasteiger partial charge on any atom is -0.508 e. The number of anilines is 1. The zero-order chi connectivity index (χ0) is 18.8. The largest absolute Gasteiger partial charge is 0.508 e. The summed E-state index contributed by atoms with van der Waals surface area (Å²) in [7, 11) is 0. The molecule has 2 heterocycles. The molecular formula is C18H19N3O4S. The molecule has 0 saturated carbocycles. The smallest absolute Gasteiger partial charge is 0.336 e. The van der Waals surface area contributed by atoms with Crippen LogP contribution in [0.4, 0.5) is 5.82 Å². The Balaban J connectivity index is 2.25. The number of ether oxygens (including phenoxy) is 1. The molecule has 0 spiro atoms. The van der Waals surface area contributed by atoms with E-state index in [9.17, 15) is 14.7 Å². The maximum absolute atomic E-state index is 12.8. The number of nitrogens with one attached hydrogen (secondary N) is 2. The number of thioether (sulfide) groups is 1. The number of aromatic amines is 1. The van der Waals surface area contributed by atoms with Gasteiger partial charge in [-0.05, 0) is 37.8 Å². The van der Waals surface area contributed by atoms with Crippen LogP contribution in [0.25, 0.3) is 0 Å². The molecule has 1 aliphatic heterocycles. The molecule has 0 bridgehead atoms. The third kappa shape index (κ3) is 3.20. The summed E-state index contributed by atoms with van der Waals surface area (Å²) in [5.74, 6) is -0.611. The number of phenols is 1. The summed E-state index contributed by atoms with van der Waals surface area (Å²) in [6.07, 6.45) is 1.82. The summed E-state index contributed by atoms with van der Waals surface area (Å²) >= 11 is 1.32. The first-order valence-corrected chi connectivity index (χ1v) is 9.30. The van der Waals surface area contributed by atoms with Gasteiger partial charge in [-0.25, -0.2) is 9.78 Å². The van der Waals surface area contributed by atoms with Gasteiger partial charge in [-0.1, -0.05) is 23.9 Å². The highest BCUT2D eigenvalue weighted by atomic mass is 32.2. The Labute approximate surface area is 154 Å². The molecule has 2 aromatic rings. The van der Waals surface area contributed by atoms with Gasteiger partial charge in [0.15, 0.2) is 5.16 Å². The number of aromatic hydroxyl groups is 1. The SMILES string of the molecule is CCOC(=O)C1=C(C)Nc2nc(SC)[nH]c(=O)c2[C@@H]1c1ccc(O)cc1. The summed E-state index contributed by atoms with van der Waals surface area (Å²) in [6.45, 7) is 3.71. The van der Waals surface area contributed by atoms with Gasteiger partial charge in [-0.3, -0.25) is 4.79 Å². The number of aromatic nitrogens is 2. The number of esters is 1. The number of H-pyrrole nitrogens is 1. The van der Waals surface area contributed by atoms with E-state index in [0.717, 1.165) is 0 Å². The quantitative estimate of drug-likeness (QED) is 0.430. The van der Waals surface area contributed by atoms with E-state index in [2.05, 4.69) is 15.3 Å². The molecule has 0 radical (unpaired) electrons. The lowest BCUT2D eigenvalue weighted by molar-refractivity contribution is -0.138. The van der Waals surface area contributed by atoms with Gasteiger partial charge in [0.2, 0.25) is 0 Å². The fraction of sp³-hybridized carbons (Fsp3) is 0.278. The second-order valence-electron chi connectivity index (χ2n) is 5.75. The molecule has 0 saturated heterocycles. The molecule has 0 unspecified atom stereocenters. The molecule has 1 aromatic carbocycles. The Morgan fingerprint density at radius 1 is 1.35 bits per heavy atom. The zero-order valence-corrected chi connectivity index (χ0v) is 15.4. The average Bonchev–Trinajstić information content (AvgIpc) is 2.61. The molecule has 7 nitrogen and oxygen atoms in total. The summed E-state index contributed by atoms with van der Waals surface area (Å²) in [4.78, 5) is 32.5. The zero-order valence-electron chi connectivity index (χ0n) is 14.6. The molecule has 0 aliphatic carbocycles. The fourth-order valence-electron chi connectivity index (χ4n) is 3.01. The minimum atomic E-state index is -0.641. The Morgan fingerprint density at radius 3 is 2.65 bits per heavy atom. The molecule has 26 heavy (non-hydrogen) atoms. The summed E-state index contributed by atoms with van der Waals surface area (Å²) < 4.78 is 5.20. The van der Waals surface area contributed by atoms with Crippen molar-refractivity contribution < 1.29 is 14.6 Å². The first kappa shape index (κ1) is 18.1. The standard InChI is InChI=1S/C18H19N3O4S/c1-4-25-17(24)12-9(2)19-15-14(16(23)21-18(20-15)26-3)13(12)10-5-7-11(22)8-6-10/h5-8,13,22H,4H2,1-3H3,(H2,19,20,21,23)/t13-/m1/s1. The van der Waals surface area contributed by atoms with Gasteiger partial charge in [0, 0.05) is 5.70 Å². The number of benzene rings is 1. The molecule has 3 N–H and O–H groups in total. The number of phenolic OH excluding ortho intramolecular Hbond substituents is 1. The number of carbonyl (C=O) groups excluding carboxylic acids is 1. The van der Waals surface area contributed by atoms with Gasteiger partial charge in [-0.15, -0.1) is 0 Å². The van der Waals surface area contributed by atoms with Gasteiger partial charge in [0.25, 0.3) is 5.56 Å². The lowest BCUT2D eigenvalue weighted by Crippen LogP contribution is -2.31. The second-order valence-corrected chi connectivity index (χ2v) is 6.54. The van der Waals surface area contributed by atoms with Gasteiger partial charge in [0.05, 0.1) is 23.7 Å². The van der Waals surface area contributed by atoms with Crippen LogP contribution in [0, 0.1) is 0 Å². The maximum Gasteiger partial charge on any atom is 0.336 e. The van der Waals surface area contributed by atoms with Crippen LogP contribution in [-0.2, 0) is 9.53 Å². The van der Waals surface area contributed by atoms with Crippen LogP contribution < -0.4 is 10.9 Å².